The van der Waals surface area contributed by atoms with Crippen LogP contribution in [0.5, 0.6) is 0 Å². The number of halogens is 4. The molecule has 3 rings (SSSR count). The van der Waals surface area contributed by atoms with E-state index < -0.39 is 23.2 Å². The number of nitrogens with one attached hydrogen (secondary N) is 1. The Labute approximate surface area is 161 Å². The van der Waals surface area contributed by atoms with Crippen LogP contribution in [0.4, 0.5) is 13.2 Å². The maximum Gasteiger partial charge on any atom is 0.416 e. The summed E-state index contributed by atoms with van der Waals surface area (Å²) < 4.78 is 39.1. The van der Waals surface area contributed by atoms with Crippen LogP contribution in [0.3, 0.4) is 0 Å². The summed E-state index contributed by atoms with van der Waals surface area (Å²) in [5.41, 5.74) is -0.822. The molecule has 0 saturated carbocycles. The molecule has 3 nitrogen and oxygen atoms in total. The van der Waals surface area contributed by atoms with Crippen molar-refractivity contribution in [2.45, 2.75) is 24.6 Å². The molecule has 144 valence electrons. The van der Waals surface area contributed by atoms with E-state index in [2.05, 4.69) is 10.2 Å². The minimum atomic E-state index is -4.54. The van der Waals surface area contributed by atoms with E-state index in [-0.39, 0.29) is 10.6 Å². The van der Waals surface area contributed by atoms with Crippen LogP contribution in [0.15, 0.2) is 48.5 Å². The maximum atomic E-state index is 13.0. The lowest BCUT2D eigenvalue weighted by Crippen LogP contribution is -2.55. The summed E-state index contributed by atoms with van der Waals surface area (Å²) in [4.78, 5) is 15.0. The second-order valence-corrected chi connectivity index (χ2v) is 7.34. The van der Waals surface area contributed by atoms with Crippen molar-refractivity contribution in [2.75, 3.05) is 20.1 Å². The summed E-state index contributed by atoms with van der Waals surface area (Å²) in [6.45, 7) is 1.47. The fourth-order valence-electron chi connectivity index (χ4n) is 3.60. The van der Waals surface area contributed by atoms with Crippen LogP contribution in [0, 0.1) is 0 Å². The first kappa shape index (κ1) is 19.7. The first-order valence-corrected chi connectivity index (χ1v) is 9.02. The Morgan fingerprint density at radius 2 is 1.89 bits per heavy atom. The van der Waals surface area contributed by atoms with Gasteiger partial charge >= 0.3 is 6.18 Å². The summed E-state index contributed by atoms with van der Waals surface area (Å²) in [5, 5.41) is 2.98. The summed E-state index contributed by atoms with van der Waals surface area (Å²) in [6.07, 6.45) is -2.98. The Morgan fingerprint density at radius 1 is 1.19 bits per heavy atom. The second kappa shape index (κ2) is 7.52. The first-order valence-electron chi connectivity index (χ1n) is 8.65. The molecule has 1 aliphatic heterocycles. The van der Waals surface area contributed by atoms with E-state index >= 15 is 0 Å². The van der Waals surface area contributed by atoms with Crippen LogP contribution < -0.4 is 5.32 Å². The predicted molar refractivity (Wildman–Crippen MR) is 98.8 cm³/mol. The topological polar surface area (TPSA) is 32.3 Å². The number of nitrogens with zero attached hydrogens (tertiary/aromatic N) is 1. The van der Waals surface area contributed by atoms with Gasteiger partial charge in [0.25, 0.3) is 5.91 Å². The highest BCUT2D eigenvalue weighted by molar-refractivity contribution is 6.33. The number of amides is 1. The molecular weight excluding hydrogens is 377 g/mol. The van der Waals surface area contributed by atoms with E-state index in [4.69, 9.17) is 11.6 Å². The van der Waals surface area contributed by atoms with Crippen LogP contribution in [-0.2, 0) is 11.7 Å². The molecular formula is C20H20ClF3N2O. The van der Waals surface area contributed by atoms with E-state index in [1.54, 1.807) is 0 Å². The standard InChI is InChI=1S/C20H20ClF3N2O/c1-26-11-5-10-19(13-26,14-6-3-2-4-7-14)25-18(27)16-12-15(20(22,23)24)8-9-17(16)21/h2-4,6-9,12H,5,10-11,13H2,1H3,(H,25,27). The average molecular weight is 397 g/mol. The van der Waals surface area contributed by atoms with Crippen molar-refractivity contribution in [1.29, 1.82) is 0 Å². The Hall–Kier alpha value is -2.05. The molecule has 7 heteroatoms. The van der Waals surface area contributed by atoms with Gasteiger partial charge in [-0.3, -0.25) is 4.79 Å². The van der Waals surface area contributed by atoms with Crippen molar-refractivity contribution in [3.05, 3.63) is 70.2 Å². The fourth-order valence-corrected chi connectivity index (χ4v) is 3.80. The molecule has 1 amide bonds. The monoisotopic (exact) mass is 396 g/mol. The van der Waals surface area contributed by atoms with E-state index in [1.807, 2.05) is 37.4 Å². The number of benzene rings is 2. The molecule has 0 radical (unpaired) electrons. The Bertz CT molecular complexity index is 826. The smallest absolute Gasteiger partial charge is 0.341 e. The zero-order valence-electron chi connectivity index (χ0n) is 14.8. The lowest BCUT2D eigenvalue weighted by molar-refractivity contribution is -0.137. The number of hydrogen-bond acceptors (Lipinski definition) is 2. The molecule has 1 aliphatic rings. The van der Waals surface area contributed by atoms with Crippen LogP contribution >= 0.6 is 11.6 Å². The third kappa shape index (κ3) is 4.28. The van der Waals surface area contributed by atoms with Crippen molar-refractivity contribution in [1.82, 2.24) is 10.2 Å². The third-order valence-corrected chi connectivity index (χ3v) is 5.23. The van der Waals surface area contributed by atoms with Gasteiger partial charge in [-0.1, -0.05) is 41.9 Å². The molecule has 0 bridgehead atoms. The van der Waals surface area contributed by atoms with Gasteiger partial charge in [0.15, 0.2) is 0 Å². The zero-order valence-corrected chi connectivity index (χ0v) is 15.6. The van der Waals surface area contributed by atoms with Gasteiger partial charge in [0.2, 0.25) is 0 Å². The van der Waals surface area contributed by atoms with Gasteiger partial charge in [-0.15, -0.1) is 0 Å². The lowest BCUT2D eigenvalue weighted by Gasteiger charge is -2.42. The molecule has 27 heavy (non-hydrogen) atoms. The number of piperidine rings is 1. The van der Waals surface area contributed by atoms with Crippen LogP contribution in [0.2, 0.25) is 5.02 Å². The van der Waals surface area contributed by atoms with Crippen molar-refractivity contribution in [2.24, 2.45) is 0 Å². The number of likely N-dealkylation sites (N-methyl/N-ethyl adjacent to an activating group) is 1. The molecule has 2 aromatic carbocycles. The van der Waals surface area contributed by atoms with Crippen molar-refractivity contribution in [3.63, 3.8) is 0 Å². The minimum absolute atomic E-state index is 0.00660. The summed E-state index contributed by atoms with van der Waals surface area (Å²) in [6, 6.07) is 12.3. The summed E-state index contributed by atoms with van der Waals surface area (Å²) >= 11 is 6.04. The predicted octanol–water partition coefficient (Wildman–Crippen LogP) is 4.71. The highest BCUT2D eigenvalue weighted by Crippen LogP contribution is 2.34. The van der Waals surface area contributed by atoms with E-state index in [0.29, 0.717) is 13.0 Å². The normalized spacial score (nSPS) is 21.1. The van der Waals surface area contributed by atoms with Gasteiger partial charge < -0.3 is 10.2 Å². The number of rotatable bonds is 3. The average Bonchev–Trinajstić information content (AvgIpc) is 2.61. The third-order valence-electron chi connectivity index (χ3n) is 4.90. The number of likely N-dealkylation sites (tertiary alicyclic amines) is 1. The van der Waals surface area contributed by atoms with Crippen LogP contribution in [0.1, 0.15) is 34.3 Å². The van der Waals surface area contributed by atoms with E-state index in [9.17, 15) is 18.0 Å². The van der Waals surface area contributed by atoms with Crippen molar-refractivity contribution >= 4 is 17.5 Å². The molecule has 0 aliphatic carbocycles. The number of alkyl halides is 3. The molecule has 2 aromatic rings. The summed E-state index contributed by atoms with van der Waals surface area (Å²) in [5.74, 6) is -0.606. The number of carbonyl (C=O) groups is 1. The maximum absolute atomic E-state index is 13.0. The van der Waals surface area contributed by atoms with E-state index in [1.165, 1.54) is 0 Å². The SMILES string of the molecule is CN1CCCC(NC(=O)c2cc(C(F)(F)F)ccc2Cl)(c2ccccc2)C1. The molecule has 0 aromatic heterocycles. The summed E-state index contributed by atoms with van der Waals surface area (Å²) in [7, 11) is 1.96. The van der Waals surface area contributed by atoms with Gasteiger partial charge in [0.1, 0.15) is 0 Å². The van der Waals surface area contributed by atoms with Gasteiger partial charge in [-0.25, -0.2) is 0 Å². The molecule has 1 saturated heterocycles. The molecule has 1 heterocycles. The first-order chi connectivity index (χ1) is 12.7. The van der Waals surface area contributed by atoms with E-state index in [0.717, 1.165) is 36.7 Å². The Morgan fingerprint density at radius 3 is 2.52 bits per heavy atom. The molecule has 1 fully saturated rings. The van der Waals surface area contributed by atoms with Gasteiger partial charge in [0.05, 0.1) is 21.7 Å². The highest BCUT2D eigenvalue weighted by atomic mass is 35.5. The van der Waals surface area contributed by atoms with Crippen LogP contribution in [-0.4, -0.2) is 30.9 Å². The van der Waals surface area contributed by atoms with Crippen LogP contribution in [0.25, 0.3) is 0 Å². The zero-order chi connectivity index (χ0) is 19.7. The Kier molecular flexibility index (Phi) is 5.49. The largest absolute Gasteiger partial charge is 0.416 e. The second-order valence-electron chi connectivity index (χ2n) is 6.94. The minimum Gasteiger partial charge on any atom is -0.341 e. The lowest BCUT2D eigenvalue weighted by atomic mass is 9.82. The fraction of sp³-hybridized carbons (Fsp3) is 0.350. The van der Waals surface area contributed by atoms with Gasteiger partial charge in [0, 0.05) is 6.54 Å². The molecule has 0 spiro atoms. The van der Waals surface area contributed by atoms with Crippen molar-refractivity contribution in [3.8, 4) is 0 Å². The molecule has 1 N–H and O–H groups in total. The van der Waals surface area contributed by atoms with Crippen molar-refractivity contribution < 1.29 is 18.0 Å². The molecule has 1 atom stereocenters. The highest BCUT2D eigenvalue weighted by Gasteiger charge is 2.38. The number of carbonyl (C=O) groups excluding carboxylic acids is 1. The quantitative estimate of drug-likeness (QED) is 0.814. The molecule has 1 unspecified atom stereocenters. The number of hydrogen-bond donors (Lipinski definition) is 1. The van der Waals surface area contributed by atoms with Gasteiger partial charge in [-0.2, -0.15) is 13.2 Å². The Balaban J connectivity index is 1.97. The van der Waals surface area contributed by atoms with Gasteiger partial charge in [-0.05, 0) is 50.2 Å².